The van der Waals surface area contributed by atoms with Crippen LogP contribution >= 0.6 is 22.7 Å². The molecule has 0 saturated carbocycles. The summed E-state index contributed by atoms with van der Waals surface area (Å²) in [5, 5.41) is 14.0. The van der Waals surface area contributed by atoms with Crippen LogP contribution in [0.5, 0.6) is 0 Å². The molecule has 3 heterocycles. The van der Waals surface area contributed by atoms with Crippen molar-refractivity contribution in [1.29, 1.82) is 0 Å². The summed E-state index contributed by atoms with van der Waals surface area (Å²) in [6.07, 6.45) is 1.84. The maximum Gasteiger partial charge on any atom is 0.273 e. The van der Waals surface area contributed by atoms with Gasteiger partial charge >= 0.3 is 0 Å². The molecule has 1 atom stereocenters. The highest BCUT2D eigenvalue weighted by atomic mass is 32.1. The highest BCUT2D eigenvalue weighted by Crippen LogP contribution is 2.29. The molecule has 6 heteroatoms. The van der Waals surface area contributed by atoms with Gasteiger partial charge in [-0.05, 0) is 24.3 Å². The summed E-state index contributed by atoms with van der Waals surface area (Å²) in [6, 6.07) is 3.94. The number of carbonyl (C=O) groups excluding carboxylic acids is 1. The topological polar surface area (TPSA) is 53.4 Å². The summed E-state index contributed by atoms with van der Waals surface area (Å²) in [4.78, 5) is 19.6. The third-order valence-corrected chi connectivity index (χ3v) is 5.19. The molecule has 0 radical (unpaired) electrons. The minimum absolute atomic E-state index is 0.0354. The van der Waals surface area contributed by atoms with Crippen LogP contribution in [0.4, 0.5) is 0 Å². The van der Waals surface area contributed by atoms with E-state index < -0.39 is 0 Å². The molecule has 1 saturated heterocycles. The molecule has 2 aromatic heterocycles. The smallest absolute Gasteiger partial charge is 0.273 e. The molecular weight excluding hydrogens is 280 g/mol. The molecule has 2 aromatic rings. The van der Waals surface area contributed by atoms with Gasteiger partial charge in [-0.15, -0.1) is 22.7 Å². The van der Waals surface area contributed by atoms with Crippen molar-refractivity contribution < 1.29 is 9.90 Å². The van der Waals surface area contributed by atoms with Crippen LogP contribution in [0.2, 0.25) is 0 Å². The first-order valence-electron chi connectivity index (χ1n) is 6.21. The van der Waals surface area contributed by atoms with E-state index in [1.54, 1.807) is 16.2 Å². The number of thiazole rings is 1. The first kappa shape index (κ1) is 12.8. The highest BCUT2D eigenvalue weighted by molar-refractivity contribution is 7.20. The molecule has 1 fully saturated rings. The molecule has 1 amide bonds. The van der Waals surface area contributed by atoms with E-state index in [-0.39, 0.29) is 18.6 Å². The van der Waals surface area contributed by atoms with Crippen molar-refractivity contribution in [3.63, 3.8) is 0 Å². The fourth-order valence-electron chi connectivity index (χ4n) is 2.33. The van der Waals surface area contributed by atoms with Crippen molar-refractivity contribution in [2.45, 2.75) is 18.9 Å². The van der Waals surface area contributed by atoms with Crippen molar-refractivity contribution in [2.75, 3.05) is 13.2 Å². The van der Waals surface area contributed by atoms with E-state index in [4.69, 9.17) is 0 Å². The molecule has 19 heavy (non-hydrogen) atoms. The van der Waals surface area contributed by atoms with Gasteiger partial charge in [0.25, 0.3) is 5.91 Å². The first-order valence-corrected chi connectivity index (χ1v) is 7.97. The van der Waals surface area contributed by atoms with E-state index in [0.29, 0.717) is 5.69 Å². The Morgan fingerprint density at radius 1 is 1.53 bits per heavy atom. The number of aliphatic hydroxyl groups excluding tert-OH is 1. The van der Waals surface area contributed by atoms with Crippen molar-refractivity contribution in [3.8, 4) is 9.88 Å². The maximum atomic E-state index is 12.4. The fourth-order valence-corrected chi connectivity index (χ4v) is 3.93. The number of hydrogen-bond donors (Lipinski definition) is 1. The van der Waals surface area contributed by atoms with Crippen molar-refractivity contribution in [1.82, 2.24) is 9.88 Å². The second-order valence-electron chi connectivity index (χ2n) is 4.49. The van der Waals surface area contributed by atoms with Gasteiger partial charge < -0.3 is 10.0 Å². The minimum Gasteiger partial charge on any atom is -0.394 e. The average Bonchev–Trinajstić information content (AvgIpc) is 3.16. The van der Waals surface area contributed by atoms with Crippen LogP contribution in [0, 0.1) is 0 Å². The highest BCUT2D eigenvalue weighted by Gasteiger charge is 2.30. The second kappa shape index (κ2) is 5.40. The number of rotatable bonds is 3. The molecule has 1 aliphatic rings. The summed E-state index contributed by atoms with van der Waals surface area (Å²) in [5.74, 6) is -0.0596. The Hall–Kier alpha value is -1.24. The van der Waals surface area contributed by atoms with Gasteiger partial charge in [0.15, 0.2) is 0 Å². The number of thiophene rings is 1. The Balaban J connectivity index is 1.81. The Morgan fingerprint density at radius 2 is 2.42 bits per heavy atom. The fraction of sp³-hybridized carbons (Fsp3) is 0.385. The van der Waals surface area contributed by atoms with E-state index in [2.05, 4.69) is 4.98 Å². The SMILES string of the molecule is O=C(c1csc(-c2cccs2)n1)N1CCC[C@H]1CO. The van der Waals surface area contributed by atoms with E-state index >= 15 is 0 Å². The van der Waals surface area contributed by atoms with E-state index in [9.17, 15) is 9.90 Å². The van der Waals surface area contributed by atoms with Crippen molar-refractivity contribution in [2.24, 2.45) is 0 Å². The molecule has 0 aromatic carbocycles. The molecule has 4 nitrogen and oxygen atoms in total. The maximum absolute atomic E-state index is 12.4. The molecule has 1 N–H and O–H groups in total. The van der Waals surface area contributed by atoms with Crippen LogP contribution in [0.3, 0.4) is 0 Å². The lowest BCUT2D eigenvalue weighted by Gasteiger charge is -2.21. The lowest BCUT2D eigenvalue weighted by molar-refractivity contribution is 0.0672. The summed E-state index contributed by atoms with van der Waals surface area (Å²) in [7, 11) is 0. The van der Waals surface area contributed by atoms with Gasteiger partial charge in [0, 0.05) is 11.9 Å². The Bertz CT molecular complexity index is 565. The summed E-state index contributed by atoms with van der Waals surface area (Å²) in [6.45, 7) is 0.754. The lowest BCUT2D eigenvalue weighted by atomic mass is 10.2. The van der Waals surface area contributed by atoms with Gasteiger partial charge in [-0.2, -0.15) is 0 Å². The van der Waals surface area contributed by atoms with Crippen molar-refractivity contribution in [3.05, 3.63) is 28.6 Å². The molecular formula is C13H14N2O2S2. The summed E-state index contributed by atoms with van der Waals surface area (Å²) in [5.41, 5.74) is 0.494. The third kappa shape index (κ3) is 2.43. The number of aromatic nitrogens is 1. The van der Waals surface area contributed by atoms with Crippen LogP contribution in [0.1, 0.15) is 23.3 Å². The van der Waals surface area contributed by atoms with Crippen LogP contribution in [0.25, 0.3) is 9.88 Å². The number of hydrogen-bond acceptors (Lipinski definition) is 5. The van der Waals surface area contributed by atoms with Crippen LogP contribution in [-0.2, 0) is 0 Å². The Labute approximate surface area is 119 Å². The average molecular weight is 294 g/mol. The molecule has 100 valence electrons. The second-order valence-corrected chi connectivity index (χ2v) is 6.30. The number of carbonyl (C=O) groups is 1. The van der Waals surface area contributed by atoms with Gasteiger partial charge in [-0.1, -0.05) is 6.07 Å². The number of amides is 1. The predicted molar refractivity (Wildman–Crippen MR) is 76.6 cm³/mol. The minimum atomic E-state index is -0.0596. The third-order valence-electron chi connectivity index (χ3n) is 3.30. The summed E-state index contributed by atoms with van der Waals surface area (Å²) >= 11 is 3.11. The summed E-state index contributed by atoms with van der Waals surface area (Å²) < 4.78 is 0. The number of aliphatic hydroxyl groups is 1. The molecule has 1 aliphatic heterocycles. The quantitative estimate of drug-likeness (QED) is 0.946. The molecule has 0 spiro atoms. The molecule has 0 unspecified atom stereocenters. The largest absolute Gasteiger partial charge is 0.394 e. The monoisotopic (exact) mass is 294 g/mol. The molecule has 0 aliphatic carbocycles. The molecule has 0 bridgehead atoms. The van der Waals surface area contributed by atoms with Gasteiger partial charge in [-0.3, -0.25) is 4.79 Å². The zero-order chi connectivity index (χ0) is 13.2. The van der Waals surface area contributed by atoms with Gasteiger partial charge in [0.1, 0.15) is 10.7 Å². The van der Waals surface area contributed by atoms with E-state index in [1.165, 1.54) is 11.3 Å². The Morgan fingerprint density at radius 3 is 3.16 bits per heavy atom. The lowest BCUT2D eigenvalue weighted by Crippen LogP contribution is -2.37. The van der Waals surface area contributed by atoms with Gasteiger partial charge in [0.2, 0.25) is 0 Å². The van der Waals surface area contributed by atoms with Crippen LogP contribution < -0.4 is 0 Å². The number of nitrogens with zero attached hydrogens (tertiary/aromatic N) is 2. The van der Waals surface area contributed by atoms with E-state index in [1.807, 2.05) is 22.9 Å². The first-order chi connectivity index (χ1) is 9.29. The van der Waals surface area contributed by atoms with Crippen LogP contribution in [-0.4, -0.2) is 40.1 Å². The predicted octanol–water partition coefficient (Wildman–Crippen LogP) is 2.47. The standard InChI is InChI=1S/C13H14N2O2S2/c16-7-9-3-1-5-15(9)13(17)10-8-19-12(14-10)11-4-2-6-18-11/h2,4,6,8-9,16H,1,3,5,7H2/t9-/m0/s1. The van der Waals surface area contributed by atoms with Gasteiger partial charge in [-0.25, -0.2) is 4.98 Å². The van der Waals surface area contributed by atoms with Crippen molar-refractivity contribution >= 4 is 28.6 Å². The van der Waals surface area contributed by atoms with Crippen LogP contribution in [0.15, 0.2) is 22.9 Å². The van der Waals surface area contributed by atoms with Gasteiger partial charge in [0.05, 0.1) is 17.5 Å². The number of likely N-dealkylation sites (tertiary alicyclic amines) is 1. The zero-order valence-corrected chi connectivity index (χ0v) is 11.9. The normalized spacial score (nSPS) is 19.0. The zero-order valence-electron chi connectivity index (χ0n) is 10.3. The molecule has 3 rings (SSSR count). The Kier molecular flexibility index (Phi) is 3.63. The van der Waals surface area contributed by atoms with E-state index in [0.717, 1.165) is 29.3 Å².